The number of benzene rings is 1. The van der Waals surface area contributed by atoms with Crippen molar-refractivity contribution in [2.24, 2.45) is 0 Å². The highest BCUT2D eigenvalue weighted by atomic mass is 79.9. The average molecular weight is 314 g/mol. The smallest absolute Gasteiger partial charge is 0.139 e. The van der Waals surface area contributed by atoms with E-state index in [9.17, 15) is 0 Å². The maximum absolute atomic E-state index is 5.81. The minimum atomic E-state index is 0.410. The molecule has 2 aromatic rings. The number of aromatic nitrogens is 1. The second-order valence-electron chi connectivity index (χ2n) is 3.45. The molecule has 2 rings (SSSR count). The van der Waals surface area contributed by atoms with Crippen LogP contribution in [0.25, 0.3) is 0 Å². The molecule has 0 spiro atoms. The van der Waals surface area contributed by atoms with E-state index >= 15 is 0 Å². The van der Waals surface area contributed by atoms with Gasteiger partial charge in [0.1, 0.15) is 12.4 Å². The van der Waals surface area contributed by atoms with Gasteiger partial charge >= 0.3 is 0 Å². The number of nitrogen functional groups attached to an aromatic ring is 1. The summed E-state index contributed by atoms with van der Waals surface area (Å²) in [6.45, 7) is 0.410. The molecule has 17 heavy (non-hydrogen) atoms. The molecule has 0 bridgehead atoms. The summed E-state index contributed by atoms with van der Waals surface area (Å²) in [6.07, 6.45) is 3.18. The fraction of sp³-hybridized carbons (Fsp3) is 0.0833. The topological polar surface area (TPSA) is 48.1 Å². The summed E-state index contributed by atoms with van der Waals surface area (Å²) in [7, 11) is 0. The van der Waals surface area contributed by atoms with E-state index in [0.29, 0.717) is 23.1 Å². The highest BCUT2D eigenvalue weighted by molar-refractivity contribution is 9.10. The van der Waals surface area contributed by atoms with Gasteiger partial charge in [0.2, 0.25) is 0 Å². The summed E-state index contributed by atoms with van der Waals surface area (Å²) in [6, 6.07) is 7.37. The minimum absolute atomic E-state index is 0.410. The van der Waals surface area contributed by atoms with Crippen LogP contribution < -0.4 is 10.5 Å². The molecular formula is C12H10BrClN2O. The van der Waals surface area contributed by atoms with E-state index in [-0.39, 0.29) is 0 Å². The zero-order valence-corrected chi connectivity index (χ0v) is 11.2. The van der Waals surface area contributed by atoms with Crippen molar-refractivity contribution in [1.82, 2.24) is 4.98 Å². The molecule has 88 valence electrons. The molecule has 0 unspecified atom stereocenters. The normalized spacial score (nSPS) is 10.2. The summed E-state index contributed by atoms with van der Waals surface area (Å²) < 4.78 is 6.43. The van der Waals surface area contributed by atoms with Crippen LogP contribution in [-0.4, -0.2) is 4.98 Å². The monoisotopic (exact) mass is 312 g/mol. The fourth-order valence-corrected chi connectivity index (χ4v) is 1.89. The number of anilines is 1. The molecule has 0 atom stereocenters. The van der Waals surface area contributed by atoms with Crippen LogP contribution in [0.3, 0.4) is 0 Å². The van der Waals surface area contributed by atoms with Crippen molar-refractivity contribution in [3.63, 3.8) is 0 Å². The van der Waals surface area contributed by atoms with Crippen molar-refractivity contribution in [2.45, 2.75) is 6.61 Å². The number of hydrogen-bond donors (Lipinski definition) is 1. The second-order valence-corrected chi connectivity index (χ2v) is 4.68. The maximum Gasteiger partial charge on any atom is 0.139 e. The Labute approximate surface area is 113 Å². The fourth-order valence-electron chi connectivity index (χ4n) is 1.34. The third-order valence-electron chi connectivity index (χ3n) is 2.18. The van der Waals surface area contributed by atoms with Gasteiger partial charge in [-0.15, -0.1) is 0 Å². The van der Waals surface area contributed by atoms with Gasteiger partial charge < -0.3 is 10.5 Å². The first-order valence-corrected chi connectivity index (χ1v) is 6.10. The van der Waals surface area contributed by atoms with Crippen LogP contribution in [0.4, 0.5) is 5.69 Å². The Balaban J connectivity index is 2.10. The first-order chi connectivity index (χ1) is 8.16. The predicted molar refractivity (Wildman–Crippen MR) is 72.1 cm³/mol. The van der Waals surface area contributed by atoms with Crippen LogP contribution in [0.5, 0.6) is 5.75 Å². The molecule has 1 aromatic heterocycles. The lowest BCUT2D eigenvalue weighted by atomic mass is 10.2. The highest BCUT2D eigenvalue weighted by Gasteiger charge is 2.04. The maximum atomic E-state index is 5.81. The molecule has 0 fully saturated rings. The minimum Gasteiger partial charge on any atom is -0.487 e. The third kappa shape index (κ3) is 3.11. The molecule has 1 aromatic carbocycles. The van der Waals surface area contributed by atoms with Crippen LogP contribution >= 0.6 is 27.5 Å². The second kappa shape index (κ2) is 5.38. The number of halogens is 2. The summed E-state index contributed by atoms with van der Waals surface area (Å²) in [5.41, 5.74) is 7.44. The zero-order valence-electron chi connectivity index (χ0n) is 8.86. The number of nitrogens with two attached hydrogens (primary N) is 1. The lowest BCUT2D eigenvalue weighted by Crippen LogP contribution is -1.98. The predicted octanol–water partition coefficient (Wildman–Crippen LogP) is 3.66. The van der Waals surface area contributed by atoms with E-state index < -0.39 is 0 Å². The van der Waals surface area contributed by atoms with E-state index in [1.807, 2.05) is 18.2 Å². The molecule has 0 amide bonds. The van der Waals surface area contributed by atoms with Gasteiger partial charge in [-0.05, 0) is 22.0 Å². The Morgan fingerprint density at radius 2 is 2.18 bits per heavy atom. The Morgan fingerprint density at radius 1 is 1.35 bits per heavy atom. The summed E-state index contributed by atoms with van der Waals surface area (Å²) in [5, 5.41) is 0.550. The van der Waals surface area contributed by atoms with Crippen LogP contribution in [0.1, 0.15) is 5.56 Å². The highest BCUT2D eigenvalue weighted by Crippen LogP contribution is 2.25. The van der Waals surface area contributed by atoms with Crippen molar-refractivity contribution in [3.05, 3.63) is 51.7 Å². The van der Waals surface area contributed by atoms with E-state index in [0.717, 1.165) is 10.0 Å². The molecule has 1 heterocycles. The summed E-state index contributed by atoms with van der Waals surface area (Å²) in [5.74, 6) is 0.631. The van der Waals surface area contributed by atoms with Gasteiger partial charge in [-0.3, -0.25) is 4.98 Å². The number of nitrogens with zero attached hydrogens (tertiary/aromatic N) is 1. The average Bonchev–Trinajstić information content (AvgIpc) is 2.31. The molecule has 3 nitrogen and oxygen atoms in total. The van der Waals surface area contributed by atoms with Gasteiger partial charge in [0.15, 0.2) is 0 Å². The molecule has 0 aliphatic heterocycles. The molecule has 0 saturated carbocycles. The Morgan fingerprint density at radius 3 is 2.94 bits per heavy atom. The van der Waals surface area contributed by atoms with E-state index in [4.69, 9.17) is 22.1 Å². The summed E-state index contributed by atoms with van der Waals surface area (Å²) in [4.78, 5) is 3.94. The summed E-state index contributed by atoms with van der Waals surface area (Å²) >= 11 is 9.23. The molecule has 0 radical (unpaired) electrons. The quantitative estimate of drug-likeness (QED) is 0.880. The van der Waals surface area contributed by atoms with Crippen LogP contribution in [0.15, 0.2) is 41.1 Å². The lowest BCUT2D eigenvalue weighted by Gasteiger charge is -2.09. The Bertz CT molecular complexity index is 534. The molecule has 2 N–H and O–H groups in total. The molecule has 0 aliphatic rings. The van der Waals surface area contributed by atoms with Crippen LogP contribution in [-0.2, 0) is 6.61 Å². The number of ether oxygens (including phenoxy) is 1. The van der Waals surface area contributed by atoms with Gasteiger partial charge in [-0.2, -0.15) is 0 Å². The molecule has 5 heteroatoms. The lowest BCUT2D eigenvalue weighted by molar-refractivity contribution is 0.304. The zero-order chi connectivity index (χ0) is 12.3. The van der Waals surface area contributed by atoms with Crippen LogP contribution in [0.2, 0.25) is 5.02 Å². The van der Waals surface area contributed by atoms with Crippen molar-refractivity contribution < 1.29 is 4.74 Å². The number of hydrogen-bond acceptors (Lipinski definition) is 3. The van der Waals surface area contributed by atoms with Crippen LogP contribution in [0, 0.1) is 0 Å². The van der Waals surface area contributed by atoms with E-state index in [2.05, 4.69) is 20.9 Å². The van der Waals surface area contributed by atoms with Crippen molar-refractivity contribution >= 4 is 33.2 Å². The molecule has 0 aliphatic carbocycles. The molecular weight excluding hydrogens is 304 g/mol. The third-order valence-corrected chi connectivity index (χ3v) is 3.36. The van der Waals surface area contributed by atoms with Gasteiger partial charge in [0.05, 0.1) is 11.2 Å². The van der Waals surface area contributed by atoms with E-state index in [1.54, 1.807) is 18.5 Å². The van der Waals surface area contributed by atoms with Gasteiger partial charge in [0, 0.05) is 28.0 Å². The first-order valence-electron chi connectivity index (χ1n) is 4.93. The van der Waals surface area contributed by atoms with Crippen molar-refractivity contribution in [1.29, 1.82) is 0 Å². The Hall–Kier alpha value is -1.26. The largest absolute Gasteiger partial charge is 0.487 e. The number of pyridine rings is 1. The van der Waals surface area contributed by atoms with Crippen molar-refractivity contribution in [2.75, 3.05) is 5.73 Å². The van der Waals surface area contributed by atoms with Gasteiger partial charge in [-0.1, -0.05) is 23.7 Å². The SMILES string of the molecule is Nc1cccc(COc2cncc(Cl)c2)c1Br. The Kier molecular flexibility index (Phi) is 3.86. The van der Waals surface area contributed by atoms with Gasteiger partial charge in [0.25, 0.3) is 0 Å². The van der Waals surface area contributed by atoms with E-state index in [1.165, 1.54) is 0 Å². The molecule has 0 saturated heterocycles. The van der Waals surface area contributed by atoms with Gasteiger partial charge in [-0.25, -0.2) is 0 Å². The first kappa shape index (κ1) is 12.2. The number of rotatable bonds is 3. The standard InChI is InChI=1S/C12H10BrClN2O/c13-12-8(2-1-3-11(12)15)7-17-10-4-9(14)5-16-6-10/h1-6H,7,15H2. The van der Waals surface area contributed by atoms with Crippen molar-refractivity contribution in [3.8, 4) is 5.75 Å².